The quantitative estimate of drug-likeness (QED) is 0.0754. The number of benzene rings is 4. The van der Waals surface area contributed by atoms with Crippen molar-refractivity contribution in [3.8, 4) is 11.5 Å². The smallest absolute Gasteiger partial charge is 0.240 e. The summed E-state index contributed by atoms with van der Waals surface area (Å²) >= 11 is 6.92. The van der Waals surface area contributed by atoms with E-state index in [-0.39, 0.29) is 24.7 Å². The van der Waals surface area contributed by atoms with Gasteiger partial charge in [0, 0.05) is 32.9 Å². The molecule has 4 aromatic carbocycles. The molecule has 0 saturated carbocycles. The number of nitrogens with one attached hydrogen (secondary N) is 2. The fourth-order valence-electron chi connectivity index (χ4n) is 4.00. The van der Waals surface area contributed by atoms with Crippen LogP contribution in [0.3, 0.4) is 0 Å². The van der Waals surface area contributed by atoms with E-state index >= 15 is 0 Å². The summed E-state index contributed by atoms with van der Waals surface area (Å²) in [5.74, 6) is 0.831. The summed E-state index contributed by atoms with van der Waals surface area (Å²) in [5.41, 5.74) is 8.64. The van der Waals surface area contributed by atoms with Gasteiger partial charge in [-0.25, -0.2) is 10.9 Å². The predicted molar refractivity (Wildman–Crippen MR) is 180 cm³/mol. The third-order valence-corrected chi connectivity index (χ3v) is 7.25. The first-order chi connectivity index (χ1) is 21.5. The second-order valence-corrected chi connectivity index (χ2v) is 11.5. The van der Waals surface area contributed by atoms with Crippen molar-refractivity contribution in [2.24, 2.45) is 10.2 Å². The van der Waals surface area contributed by atoms with Crippen LogP contribution in [-0.2, 0) is 22.8 Å². The molecule has 0 saturated heterocycles. The molecule has 10 heteroatoms. The maximum absolute atomic E-state index is 12.3. The first kappa shape index (κ1) is 32.6. The molecular formula is C34H32Br2N4O4. The minimum Gasteiger partial charge on any atom is -0.488 e. The molecule has 0 aliphatic carbocycles. The number of halogens is 2. The zero-order valence-electron chi connectivity index (χ0n) is 23.9. The predicted octanol–water partition coefficient (Wildman–Crippen LogP) is 7.53. The van der Waals surface area contributed by atoms with Gasteiger partial charge < -0.3 is 9.47 Å². The highest BCUT2D eigenvalue weighted by molar-refractivity contribution is 9.10. The van der Waals surface area contributed by atoms with Crippen LogP contribution in [0.4, 0.5) is 0 Å². The largest absolute Gasteiger partial charge is 0.488 e. The lowest BCUT2D eigenvalue weighted by Crippen LogP contribution is -2.19. The van der Waals surface area contributed by atoms with Gasteiger partial charge in [0.25, 0.3) is 0 Å². The Morgan fingerprint density at radius 1 is 0.614 bits per heavy atom. The van der Waals surface area contributed by atoms with Gasteiger partial charge in [0.1, 0.15) is 24.7 Å². The molecule has 0 aliphatic heterocycles. The Morgan fingerprint density at radius 2 is 1.02 bits per heavy atom. The Labute approximate surface area is 273 Å². The zero-order chi connectivity index (χ0) is 31.0. The van der Waals surface area contributed by atoms with E-state index in [2.05, 4.69) is 52.9 Å². The normalized spacial score (nSPS) is 11.0. The Hall–Kier alpha value is -4.28. The van der Waals surface area contributed by atoms with Crippen LogP contribution < -0.4 is 20.3 Å². The summed E-state index contributed by atoms with van der Waals surface area (Å²) < 4.78 is 13.6. The summed E-state index contributed by atoms with van der Waals surface area (Å²) in [5, 5.41) is 8.18. The first-order valence-corrected chi connectivity index (χ1v) is 15.6. The van der Waals surface area contributed by atoms with E-state index in [9.17, 15) is 9.59 Å². The lowest BCUT2D eigenvalue weighted by molar-refractivity contribution is -0.123. The third kappa shape index (κ3) is 11.4. The van der Waals surface area contributed by atoms with Crippen LogP contribution in [0, 0.1) is 0 Å². The van der Waals surface area contributed by atoms with Gasteiger partial charge >= 0.3 is 0 Å². The van der Waals surface area contributed by atoms with Crippen LogP contribution in [-0.4, -0.2) is 24.2 Å². The highest BCUT2D eigenvalue weighted by Gasteiger charge is 2.07. The highest BCUT2D eigenvalue weighted by Crippen LogP contribution is 2.24. The fraction of sp³-hybridized carbons (Fsp3) is 0.176. The van der Waals surface area contributed by atoms with Gasteiger partial charge in [-0.1, -0.05) is 92.5 Å². The van der Waals surface area contributed by atoms with Gasteiger partial charge in [0.2, 0.25) is 11.8 Å². The molecule has 0 radical (unpaired) electrons. The fourth-order valence-corrected chi connectivity index (χ4v) is 4.76. The molecule has 2 N–H and O–H groups in total. The van der Waals surface area contributed by atoms with Crippen LogP contribution in [0.15, 0.2) is 116 Å². The Balaban J connectivity index is 1.16. The van der Waals surface area contributed by atoms with Crippen LogP contribution >= 0.6 is 31.9 Å². The number of hydrazone groups is 2. The van der Waals surface area contributed by atoms with E-state index in [1.807, 2.05) is 97.1 Å². The monoisotopic (exact) mass is 718 g/mol. The molecule has 0 fully saturated rings. The molecule has 0 spiro atoms. The average Bonchev–Trinajstić information content (AvgIpc) is 3.03. The van der Waals surface area contributed by atoms with Crippen molar-refractivity contribution in [1.29, 1.82) is 0 Å². The zero-order valence-corrected chi connectivity index (χ0v) is 27.1. The van der Waals surface area contributed by atoms with Crippen molar-refractivity contribution in [3.63, 3.8) is 0 Å². The van der Waals surface area contributed by atoms with Gasteiger partial charge in [-0.3, -0.25) is 9.59 Å². The molecule has 0 heterocycles. The van der Waals surface area contributed by atoms with Crippen LogP contribution in [0.2, 0.25) is 0 Å². The van der Waals surface area contributed by atoms with Gasteiger partial charge in [0.15, 0.2) is 0 Å². The molecule has 8 nitrogen and oxygen atoms in total. The number of unbranched alkanes of at least 4 members (excludes halogenated alkanes) is 1. The van der Waals surface area contributed by atoms with Gasteiger partial charge in [-0.2, -0.15) is 10.2 Å². The standard InChI is InChI=1S/C34H32Br2N4O4/c35-29-15-17-31(43-23-25-9-3-1-4-10-25)27(19-29)21-37-39-33(41)13-7-8-14-34(42)40-38-22-28-20-30(36)16-18-32(28)44-24-26-11-5-2-6-12-26/h1-6,9-12,15-22H,7-8,13-14,23-24H2,(H,39,41)(H,40,42). The molecular weight excluding hydrogens is 688 g/mol. The van der Waals surface area contributed by atoms with E-state index in [1.54, 1.807) is 12.4 Å². The topological polar surface area (TPSA) is 101 Å². The minimum absolute atomic E-state index is 0.237. The van der Waals surface area contributed by atoms with Crippen molar-refractivity contribution in [2.75, 3.05) is 0 Å². The Kier molecular flexibility index (Phi) is 13.2. The number of hydrogen-bond acceptors (Lipinski definition) is 6. The summed E-state index contributed by atoms with van der Waals surface area (Å²) in [4.78, 5) is 24.5. The number of amides is 2. The molecule has 44 heavy (non-hydrogen) atoms. The van der Waals surface area contributed by atoms with Crippen molar-refractivity contribution in [3.05, 3.63) is 128 Å². The highest BCUT2D eigenvalue weighted by atomic mass is 79.9. The van der Waals surface area contributed by atoms with Gasteiger partial charge in [-0.15, -0.1) is 0 Å². The molecule has 4 rings (SSSR count). The molecule has 4 aromatic rings. The number of hydrogen-bond donors (Lipinski definition) is 2. The number of ether oxygens (including phenoxy) is 2. The van der Waals surface area contributed by atoms with E-state index in [0.717, 1.165) is 31.2 Å². The maximum Gasteiger partial charge on any atom is 0.240 e. The maximum atomic E-state index is 12.3. The van der Waals surface area contributed by atoms with E-state index < -0.39 is 0 Å². The van der Waals surface area contributed by atoms with E-state index in [0.29, 0.717) is 37.6 Å². The van der Waals surface area contributed by atoms with Crippen LogP contribution in [0.1, 0.15) is 47.9 Å². The van der Waals surface area contributed by atoms with Crippen molar-refractivity contribution < 1.29 is 19.1 Å². The number of nitrogens with zero attached hydrogens (tertiary/aromatic N) is 2. The molecule has 0 aromatic heterocycles. The average molecular weight is 720 g/mol. The van der Waals surface area contributed by atoms with Crippen LogP contribution in [0.25, 0.3) is 0 Å². The summed E-state index contributed by atoms with van der Waals surface area (Å²) in [6, 6.07) is 30.9. The van der Waals surface area contributed by atoms with Crippen LogP contribution in [0.5, 0.6) is 11.5 Å². The Morgan fingerprint density at radius 3 is 1.43 bits per heavy atom. The second-order valence-electron chi connectivity index (χ2n) is 9.71. The second kappa shape index (κ2) is 17.7. The number of carbonyl (C=O) groups is 2. The first-order valence-electron chi connectivity index (χ1n) is 14.0. The third-order valence-electron chi connectivity index (χ3n) is 6.26. The van der Waals surface area contributed by atoms with Crippen molar-refractivity contribution in [1.82, 2.24) is 10.9 Å². The van der Waals surface area contributed by atoms with Crippen molar-refractivity contribution >= 4 is 56.1 Å². The lowest BCUT2D eigenvalue weighted by Gasteiger charge is -2.10. The van der Waals surface area contributed by atoms with Gasteiger partial charge in [-0.05, 0) is 60.4 Å². The van der Waals surface area contributed by atoms with Gasteiger partial charge in [0.05, 0.1) is 12.4 Å². The lowest BCUT2D eigenvalue weighted by atomic mass is 10.2. The molecule has 2 amide bonds. The SMILES string of the molecule is O=C(CCCCC(=O)NN=Cc1cc(Br)ccc1OCc1ccccc1)NN=Cc1cc(Br)ccc1OCc1ccccc1. The molecule has 0 unspecified atom stereocenters. The molecule has 0 bridgehead atoms. The number of carbonyl (C=O) groups excluding carboxylic acids is 2. The number of rotatable bonds is 15. The van der Waals surface area contributed by atoms with E-state index in [1.165, 1.54) is 0 Å². The Bertz CT molecular complexity index is 1460. The molecule has 0 aliphatic rings. The van der Waals surface area contributed by atoms with E-state index in [4.69, 9.17) is 9.47 Å². The molecule has 226 valence electrons. The minimum atomic E-state index is -0.237. The molecule has 0 atom stereocenters. The summed E-state index contributed by atoms with van der Waals surface area (Å²) in [6.07, 6.45) is 4.65. The van der Waals surface area contributed by atoms with Crippen molar-refractivity contribution in [2.45, 2.75) is 38.9 Å². The summed E-state index contributed by atoms with van der Waals surface area (Å²) in [6.45, 7) is 0.839. The summed E-state index contributed by atoms with van der Waals surface area (Å²) in [7, 11) is 0.